The van der Waals surface area contributed by atoms with Gasteiger partial charge in [-0.2, -0.15) is 0 Å². The summed E-state index contributed by atoms with van der Waals surface area (Å²) in [5, 5.41) is 3.74. The normalized spacial score (nSPS) is 19.7. The van der Waals surface area contributed by atoms with Crippen molar-refractivity contribution < 1.29 is 0 Å². The van der Waals surface area contributed by atoms with Crippen LogP contribution in [0.1, 0.15) is 64.6 Å². The summed E-state index contributed by atoms with van der Waals surface area (Å²) in [6.07, 6.45) is 2.74. The van der Waals surface area contributed by atoms with Gasteiger partial charge in [0.05, 0.1) is 0 Å². The van der Waals surface area contributed by atoms with Crippen LogP contribution in [0, 0.1) is 0 Å². The van der Waals surface area contributed by atoms with E-state index in [9.17, 15) is 0 Å². The Morgan fingerprint density at radius 3 is 2.14 bits per heavy atom. The summed E-state index contributed by atoms with van der Waals surface area (Å²) in [6, 6.07) is 10.1. The van der Waals surface area contributed by atoms with Gasteiger partial charge in [-0.25, -0.2) is 0 Å². The molecule has 1 heterocycles. The summed E-state index contributed by atoms with van der Waals surface area (Å²) in [5.74, 6) is 0. The Bertz CT molecular complexity index is 424. The van der Waals surface area contributed by atoms with Crippen molar-refractivity contribution in [1.82, 2.24) is 10.2 Å². The SMILES string of the molecule is CC(CN1CCCC1)NC(C)c1ccc(C(C)(C)C)cc1. The highest BCUT2D eigenvalue weighted by Crippen LogP contribution is 2.24. The number of likely N-dealkylation sites (tertiary alicyclic amines) is 1. The topological polar surface area (TPSA) is 15.3 Å². The van der Waals surface area contributed by atoms with Gasteiger partial charge in [0.1, 0.15) is 0 Å². The van der Waals surface area contributed by atoms with Gasteiger partial charge in [-0.3, -0.25) is 0 Å². The fraction of sp³-hybridized carbons (Fsp3) is 0.684. The Balaban J connectivity index is 1.88. The number of benzene rings is 1. The minimum atomic E-state index is 0.234. The second-order valence-electron chi connectivity index (χ2n) is 7.67. The molecule has 0 aliphatic carbocycles. The van der Waals surface area contributed by atoms with Crippen LogP contribution in [0.4, 0.5) is 0 Å². The van der Waals surface area contributed by atoms with Crippen LogP contribution >= 0.6 is 0 Å². The molecular weight excluding hydrogens is 256 g/mol. The van der Waals surface area contributed by atoms with E-state index in [2.05, 4.69) is 69.1 Å². The Hall–Kier alpha value is -0.860. The van der Waals surface area contributed by atoms with E-state index in [4.69, 9.17) is 0 Å². The first kappa shape index (κ1) is 16.5. The van der Waals surface area contributed by atoms with E-state index in [1.54, 1.807) is 0 Å². The molecule has 0 spiro atoms. The summed E-state index contributed by atoms with van der Waals surface area (Å²) in [4.78, 5) is 2.58. The number of nitrogens with zero attached hydrogens (tertiary/aromatic N) is 1. The van der Waals surface area contributed by atoms with Crippen LogP contribution in [0.25, 0.3) is 0 Å². The maximum absolute atomic E-state index is 3.74. The zero-order valence-electron chi connectivity index (χ0n) is 14.4. The van der Waals surface area contributed by atoms with E-state index in [-0.39, 0.29) is 5.41 Å². The molecular formula is C19H32N2. The molecule has 2 unspecified atom stereocenters. The molecule has 1 aliphatic heterocycles. The highest BCUT2D eigenvalue weighted by Gasteiger charge is 2.17. The van der Waals surface area contributed by atoms with Crippen molar-refractivity contribution in [1.29, 1.82) is 0 Å². The van der Waals surface area contributed by atoms with Gasteiger partial charge >= 0.3 is 0 Å². The molecule has 1 fully saturated rings. The van der Waals surface area contributed by atoms with Crippen molar-refractivity contribution >= 4 is 0 Å². The van der Waals surface area contributed by atoms with Gasteiger partial charge in [-0.15, -0.1) is 0 Å². The lowest BCUT2D eigenvalue weighted by atomic mass is 9.86. The molecule has 0 aromatic heterocycles. The lowest BCUT2D eigenvalue weighted by molar-refractivity contribution is 0.289. The van der Waals surface area contributed by atoms with Crippen molar-refractivity contribution in [2.75, 3.05) is 19.6 Å². The monoisotopic (exact) mass is 288 g/mol. The van der Waals surface area contributed by atoms with Crippen molar-refractivity contribution in [2.45, 2.75) is 65.0 Å². The highest BCUT2D eigenvalue weighted by molar-refractivity contribution is 5.29. The van der Waals surface area contributed by atoms with Gasteiger partial charge < -0.3 is 10.2 Å². The third-order valence-corrected chi connectivity index (χ3v) is 4.54. The van der Waals surface area contributed by atoms with Crippen LogP contribution in [-0.2, 0) is 5.41 Å². The molecule has 0 saturated carbocycles. The predicted molar refractivity (Wildman–Crippen MR) is 91.8 cm³/mol. The smallest absolute Gasteiger partial charge is 0.0294 e. The molecule has 21 heavy (non-hydrogen) atoms. The first-order valence-electron chi connectivity index (χ1n) is 8.45. The molecule has 0 radical (unpaired) electrons. The van der Waals surface area contributed by atoms with E-state index in [1.807, 2.05) is 0 Å². The zero-order chi connectivity index (χ0) is 15.5. The predicted octanol–water partition coefficient (Wildman–Crippen LogP) is 4.12. The molecule has 118 valence electrons. The maximum atomic E-state index is 3.74. The molecule has 0 amide bonds. The van der Waals surface area contributed by atoms with Gasteiger partial charge in [-0.05, 0) is 56.3 Å². The Kier molecular flexibility index (Phi) is 5.45. The minimum absolute atomic E-state index is 0.234. The highest BCUT2D eigenvalue weighted by atomic mass is 15.2. The van der Waals surface area contributed by atoms with Crippen LogP contribution in [0.5, 0.6) is 0 Å². The first-order valence-corrected chi connectivity index (χ1v) is 8.45. The number of hydrogen-bond acceptors (Lipinski definition) is 2. The van der Waals surface area contributed by atoms with Crippen LogP contribution in [0.2, 0.25) is 0 Å². The van der Waals surface area contributed by atoms with Crippen molar-refractivity contribution in [3.8, 4) is 0 Å². The molecule has 2 rings (SSSR count). The summed E-state index contributed by atoms with van der Waals surface area (Å²) in [5.41, 5.74) is 3.03. The minimum Gasteiger partial charge on any atom is -0.306 e. The van der Waals surface area contributed by atoms with Gasteiger partial charge in [0, 0.05) is 18.6 Å². The van der Waals surface area contributed by atoms with Crippen LogP contribution in [0.15, 0.2) is 24.3 Å². The first-order chi connectivity index (χ1) is 9.86. The number of rotatable bonds is 5. The summed E-state index contributed by atoms with van der Waals surface area (Å²) in [7, 11) is 0. The van der Waals surface area contributed by atoms with Crippen LogP contribution < -0.4 is 5.32 Å². The molecule has 0 bridgehead atoms. The Morgan fingerprint density at radius 2 is 1.62 bits per heavy atom. The zero-order valence-corrected chi connectivity index (χ0v) is 14.4. The maximum Gasteiger partial charge on any atom is 0.0294 e. The van der Waals surface area contributed by atoms with E-state index < -0.39 is 0 Å². The molecule has 1 aromatic rings. The molecule has 1 N–H and O–H groups in total. The van der Waals surface area contributed by atoms with Crippen molar-refractivity contribution in [3.63, 3.8) is 0 Å². The van der Waals surface area contributed by atoms with Gasteiger partial charge in [0.2, 0.25) is 0 Å². The molecule has 2 heteroatoms. The number of hydrogen-bond donors (Lipinski definition) is 1. The van der Waals surface area contributed by atoms with E-state index >= 15 is 0 Å². The Labute approximate surface area is 130 Å². The van der Waals surface area contributed by atoms with E-state index in [0.29, 0.717) is 12.1 Å². The summed E-state index contributed by atoms with van der Waals surface area (Å²) >= 11 is 0. The third kappa shape index (κ3) is 4.82. The average Bonchev–Trinajstić information content (AvgIpc) is 2.90. The largest absolute Gasteiger partial charge is 0.306 e. The fourth-order valence-corrected chi connectivity index (χ4v) is 3.20. The van der Waals surface area contributed by atoms with E-state index in [1.165, 1.54) is 43.6 Å². The molecule has 1 saturated heterocycles. The van der Waals surface area contributed by atoms with E-state index in [0.717, 1.165) is 0 Å². The fourth-order valence-electron chi connectivity index (χ4n) is 3.20. The average molecular weight is 288 g/mol. The molecule has 2 atom stereocenters. The van der Waals surface area contributed by atoms with Crippen LogP contribution in [-0.4, -0.2) is 30.6 Å². The van der Waals surface area contributed by atoms with Crippen LogP contribution in [0.3, 0.4) is 0 Å². The Morgan fingerprint density at radius 1 is 1.05 bits per heavy atom. The molecule has 2 nitrogen and oxygen atoms in total. The number of nitrogens with one attached hydrogen (secondary N) is 1. The van der Waals surface area contributed by atoms with Gasteiger partial charge in [0.25, 0.3) is 0 Å². The standard InChI is InChI=1S/C19H32N2/c1-15(14-21-12-6-7-13-21)20-16(2)17-8-10-18(11-9-17)19(3,4)5/h8-11,15-16,20H,6-7,12-14H2,1-5H3. The lowest BCUT2D eigenvalue weighted by Gasteiger charge is -2.25. The third-order valence-electron chi connectivity index (χ3n) is 4.54. The lowest BCUT2D eigenvalue weighted by Crippen LogP contribution is -2.39. The molecule has 1 aromatic carbocycles. The van der Waals surface area contributed by atoms with Crippen molar-refractivity contribution in [2.24, 2.45) is 0 Å². The summed E-state index contributed by atoms with van der Waals surface area (Å²) < 4.78 is 0. The summed E-state index contributed by atoms with van der Waals surface area (Å²) in [6.45, 7) is 15.1. The second-order valence-corrected chi connectivity index (χ2v) is 7.67. The van der Waals surface area contributed by atoms with Gasteiger partial charge in [-0.1, -0.05) is 45.0 Å². The quantitative estimate of drug-likeness (QED) is 0.877. The van der Waals surface area contributed by atoms with Crippen molar-refractivity contribution in [3.05, 3.63) is 35.4 Å². The molecule has 1 aliphatic rings. The second kappa shape index (κ2) is 6.93. The van der Waals surface area contributed by atoms with Gasteiger partial charge in [0.15, 0.2) is 0 Å².